The minimum Gasteiger partial charge on any atom is -0.445 e. The molecule has 1 aliphatic heterocycles. The van der Waals surface area contributed by atoms with Crippen LogP contribution in [0, 0.1) is 0 Å². The summed E-state index contributed by atoms with van der Waals surface area (Å²) < 4.78 is 6.81. The maximum Gasteiger partial charge on any atom is 0.331 e. The Hall–Kier alpha value is -2.60. The van der Waals surface area contributed by atoms with E-state index in [1.807, 2.05) is 37.3 Å². The lowest BCUT2D eigenvalue weighted by Gasteiger charge is -2.30. The van der Waals surface area contributed by atoms with E-state index in [9.17, 15) is 14.7 Å². The van der Waals surface area contributed by atoms with Crippen LogP contribution < -0.4 is 16.0 Å². The van der Waals surface area contributed by atoms with E-state index in [-0.39, 0.29) is 17.5 Å². The average molecular weight is 340 g/mol. The minimum absolute atomic E-state index is 0.0494. The van der Waals surface area contributed by atoms with Gasteiger partial charge in [-0.2, -0.15) is 0 Å². The second kappa shape index (κ2) is 6.04. The molecule has 0 bridgehead atoms. The highest BCUT2D eigenvalue weighted by atomic mass is 16.6. The van der Waals surface area contributed by atoms with Gasteiger partial charge < -0.3 is 9.84 Å². The van der Waals surface area contributed by atoms with Crippen molar-refractivity contribution >= 4 is 11.1 Å². The Morgan fingerprint density at radius 3 is 2.56 bits per heavy atom. The first-order chi connectivity index (χ1) is 12.1. The Bertz CT molecular complexity index is 952. The molecule has 4 rings (SSSR count). The molecule has 1 atom stereocenters. The lowest BCUT2D eigenvalue weighted by Crippen LogP contribution is -2.43. The number of H-pyrrole nitrogens is 1. The molecule has 1 aromatic carbocycles. The first-order valence-electron chi connectivity index (χ1n) is 8.64. The van der Waals surface area contributed by atoms with Gasteiger partial charge >= 0.3 is 5.69 Å². The smallest absolute Gasteiger partial charge is 0.331 e. The molecule has 1 saturated carbocycles. The Morgan fingerprint density at radius 1 is 1.24 bits per heavy atom. The number of fused-ring (bicyclic) bond motifs is 1. The molecule has 2 N–H and O–H groups in total. The van der Waals surface area contributed by atoms with Gasteiger partial charge in [-0.1, -0.05) is 37.3 Å². The van der Waals surface area contributed by atoms with Crippen molar-refractivity contribution in [2.75, 3.05) is 0 Å². The van der Waals surface area contributed by atoms with E-state index >= 15 is 0 Å². The van der Waals surface area contributed by atoms with Gasteiger partial charge in [-0.05, 0) is 36.8 Å². The molecule has 0 spiro atoms. The van der Waals surface area contributed by atoms with Gasteiger partial charge in [-0.3, -0.25) is 14.3 Å². The fourth-order valence-electron chi connectivity index (χ4n) is 3.62. The van der Waals surface area contributed by atoms with E-state index in [0.717, 1.165) is 24.8 Å². The molecule has 6 nitrogen and oxygen atoms in total. The minimum atomic E-state index is -1.22. The zero-order chi connectivity index (χ0) is 17.6. The molecule has 1 aliphatic carbocycles. The van der Waals surface area contributed by atoms with E-state index in [0.29, 0.717) is 23.1 Å². The second-order valence-electron chi connectivity index (χ2n) is 6.48. The number of nitrogens with zero attached hydrogens (tertiary/aromatic N) is 1. The predicted molar refractivity (Wildman–Crippen MR) is 94.4 cm³/mol. The Balaban J connectivity index is 1.99. The SMILES string of the molecule is CCC1=C(c2ccccc2)C(O)Oc2[nH]c(=O)n(C3CCC3)c(=O)c21. The van der Waals surface area contributed by atoms with Gasteiger partial charge in [0.2, 0.25) is 12.2 Å². The predicted octanol–water partition coefficient (Wildman–Crippen LogP) is 2.29. The molecule has 0 radical (unpaired) electrons. The van der Waals surface area contributed by atoms with Gasteiger partial charge in [0.25, 0.3) is 5.56 Å². The van der Waals surface area contributed by atoms with Crippen LogP contribution in [0.1, 0.15) is 49.8 Å². The summed E-state index contributed by atoms with van der Waals surface area (Å²) in [7, 11) is 0. The third-order valence-corrected chi connectivity index (χ3v) is 5.08. The summed E-state index contributed by atoms with van der Waals surface area (Å²) in [6, 6.07) is 9.33. The maximum absolute atomic E-state index is 13.1. The molecule has 1 unspecified atom stereocenters. The second-order valence-corrected chi connectivity index (χ2v) is 6.48. The van der Waals surface area contributed by atoms with Crippen molar-refractivity contribution in [2.24, 2.45) is 0 Å². The number of nitrogens with one attached hydrogen (secondary N) is 1. The molecule has 2 aliphatic rings. The molecule has 1 aromatic heterocycles. The number of aliphatic hydroxyl groups excluding tert-OH is 1. The standard InChI is InChI=1S/C19H20N2O4/c1-2-13-14(11-7-4-3-5-8-11)18(23)25-16-15(13)17(22)21(19(24)20-16)12-9-6-10-12/h3-5,7-8,12,18,23H,2,6,9-10H2,1H3,(H,20,24). The first kappa shape index (κ1) is 15.9. The molecule has 6 heteroatoms. The quantitative estimate of drug-likeness (QED) is 0.898. The van der Waals surface area contributed by atoms with Crippen LogP contribution in [0.2, 0.25) is 0 Å². The van der Waals surface area contributed by atoms with Crippen LogP contribution in [0.3, 0.4) is 0 Å². The fraction of sp³-hybridized carbons (Fsp3) is 0.368. The lowest BCUT2D eigenvalue weighted by atomic mass is 9.90. The topological polar surface area (TPSA) is 84.3 Å². The number of aromatic amines is 1. The van der Waals surface area contributed by atoms with Gasteiger partial charge in [0, 0.05) is 11.6 Å². The molecule has 0 amide bonds. The van der Waals surface area contributed by atoms with Gasteiger partial charge in [0.15, 0.2) is 0 Å². The lowest BCUT2D eigenvalue weighted by molar-refractivity contribution is 0.0266. The van der Waals surface area contributed by atoms with Gasteiger partial charge in [0.1, 0.15) is 5.56 Å². The van der Waals surface area contributed by atoms with Crippen molar-refractivity contribution in [3.05, 3.63) is 62.3 Å². The highest BCUT2D eigenvalue weighted by Gasteiger charge is 2.33. The third-order valence-electron chi connectivity index (χ3n) is 5.08. The zero-order valence-corrected chi connectivity index (χ0v) is 14.0. The number of ether oxygens (including phenoxy) is 1. The van der Waals surface area contributed by atoms with Gasteiger partial charge in [-0.15, -0.1) is 0 Å². The van der Waals surface area contributed by atoms with Gasteiger partial charge in [0.05, 0.1) is 0 Å². The van der Waals surface area contributed by atoms with Gasteiger partial charge in [-0.25, -0.2) is 4.79 Å². The number of allylic oxidation sites excluding steroid dienone is 1. The highest BCUT2D eigenvalue weighted by molar-refractivity contribution is 5.94. The largest absolute Gasteiger partial charge is 0.445 e. The number of rotatable bonds is 3. The Morgan fingerprint density at radius 2 is 1.96 bits per heavy atom. The van der Waals surface area contributed by atoms with Crippen molar-refractivity contribution < 1.29 is 9.84 Å². The van der Waals surface area contributed by atoms with Crippen LogP contribution in [0.25, 0.3) is 11.1 Å². The van der Waals surface area contributed by atoms with Crippen molar-refractivity contribution in [1.82, 2.24) is 9.55 Å². The molecule has 25 heavy (non-hydrogen) atoms. The van der Waals surface area contributed by atoms with E-state index < -0.39 is 12.0 Å². The van der Waals surface area contributed by atoms with Crippen LogP contribution in [0.5, 0.6) is 5.88 Å². The maximum atomic E-state index is 13.1. The van der Waals surface area contributed by atoms with Crippen LogP contribution in [-0.2, 0) is 0 Å². The molecular formula is C19H20N2O4. The molecular weight excluding hydrogens is 320 g/mol. The monoisotopic (exact) mass is 340 g/mol. The third kappa shape index (κ3) is 2.44. The summed E-state index contributed by atoms with van der Waals surface area (Å²) in [5, 5.41) is 10.5. The summed E-state index contributed by atoms with van der Waals surface area (Å²) in [5.41, 5.74) is 1.66. The van der Waals surface area contributed by atoms with Crippen molar-refractivity contribution in [1.29, 1.82) is 0 Å². The molecule has 2 heterocycles. The summed E-state index contributed by atoms with van der Waals surface area (Å²) >= 11 is 0. The molecule has 0 saturated heterocycles. The van der Waals surface area contributed by atoms with Crippen LogP contribution >= 0.6 is 0 Å². The van der Waals surface area contributed by atoms with Crippen LogP contribution in [-0.4, -0.2) is 20.9 Å². The Kier molecular flexibility index (Phi) is 3.84. The normalized spacial score (nSPS) is 20.0. The summed E-state index contributed by atoms with van der Waals surface area (Å²) in [6.07, 6.45) is 2.02. The van der Waals surface area contributed by atoms with E-state index in [4.69, 9.17) is 4.74 Å². The van der Waals surface area contributed by atoms with Crippen LogP contribution in [0.15, 0.2) is 39.9 Å². The number of hydrogen-bond donors (Lipinski definition) is 2. The van der Waals surface area contributed by atoms with E-state index in [1.165, 1.54) is 4.57 Å². The van der Waals surface area contributed by atoms with Crippen molar-refractivity contribution in [3.63, 3.8) is 0 Å². The summed E-state index contributed by atoms with van der Waals surface area (Å²) in [6.45, 7) is 1.93. The van der Waals surface area contributed by atoms with Crippen LogP contribution in [0.4, 0.5) is 0 Å². The fourth-order valence-corrected chi connectivity index (χ4v) is 3.62. The highest BCUT2D eigenvalue weighted by Crippen LogP contribution is 2.38. The number of aliphatic hydroxyl groups is 1. The number of aromatic nitrogens is 2. The zero-order valence-electron chi connectivity index (χ0n) is 14.0. The molecule has 2 aromatic rings. The molecule has 130 valence electrons. The Labute approximate surface area is 144 Å². The molecule has 1 fully saturated rings. The first-order valence-corrected chi connectivity index (χ1v) is 8.64. The summed E-state index contributed by atoms with van der Waals surface area (Å²) in [4.78, 5) is 28.0. The van der Waals surface area contributed by atoms with Crippen molar-refractivity contribution in [2.45, 2.75) is 44.9 Å². The van der Waals surface area contributed by atoms with E-state index in [2.05, 4.69) is 4.98 Å². The number of benzene rings is 1. The van der Waals surface area contributed by atoms with Crippen molar-refractivity contribution in [3.8, 4) is 5.88 Å². The average Bonchev–Trinajstić information content (AvgIpc) is 2.56. The number of hydrogen-bond acceptors (Lipinski definition) is 4. The van der Waals surface area contributed by atoms with E-state index in [1.54, 1.807) is 0 Å². The summed E-state index contributed by atoms with van der Waals surface area (Å²) in [5.74, 6) is 0.0644.